The molecule has 2 nitrogen and oxygen atoms in total. The van der Waals surface area contributed by atoms with Crippen molar-refractivity contribution in [1.29, 1.82) is 0 Å². The molecule has 2 heteroatoms. The fraction of sp³-hybridized carbons (Fsp3) is 0.0179. The van der Waals surface area contributed by atoms with Crippen LogP contribution in [-0.2, 0) is 0 Å². The van der Waals surface area contributed by atoms with Crippen LogP contribution in [0, 0.1) is 6.92 Å². The number of benzene rings is 7. The second-order valence-electron chi connectivity index (χ2n) is 14.8. The molecule has 0 fully saturated rings. The molecule has 2 heterocycles. The summed E-state index contributed by atoms with van der Waals surface area (Å²) in [6, 6.07) is 76.8. The van der Waals surface area contributed by atoms with Crippen LogP contribution < -0.4 is 0 Å². The quantitative estimate of drug-likeness (QED) is 0.166. The molecule has 0 saturated carbocycles. The number of hydrogen-bond acceptors (Lipinski definition) is 1. The van der Waals surface area contributed by atoms with Crippen LogP contribution in [0.5, 0.6) is 0 Å². The fourth-order valence-corrected chi connectivity index (χ4v) is 8.53. The zero-order valence-electron chi connectivity index (χ0n) is 32.3. The highest BCUT2D eigenvalue weighted by Gasteiger charge is 2.14. The number of rotatable bonds is 6. The normalized spacial score (nSPS) is 11.2. The first kappa shape index (κ1) is 34.9. The molecule has 0 aliphatic carbocycles. The van der Waals surface area contributed by atoms with E-state index in [2.05, 4.69) is 229 Å². The monoisotopic (exact) mass is 740 g/mol. The number of fused-ring (bicyclic) bond motifs is 4. The Kier molecular flexibility index (Phi) is 9.13. The van der Waals surface area contributed by atoms with Crippen molar-refractivity contribution in [3.63, 3.8) is 0 Å². The average molecular weight is 741 g/mol. The van der Waals surface area contributed by atoms with E-state index in [0.29, 0.717) is 0 Å². The van der Waals surface area contributed by atoms with Gasteiger partial charge in [0.2, 0.25) is 0 Å². The van der Waals surface area contributed by atoms with Gasteiger partial charge in [-0.3, -0.25) is 4.98 Å². The minimum Gasteiger partial charge on any atom is -0.309 e. The molecule has 274 valence electrons. The van der Waals surface area contributed by atoms with E-state index >= 15 is 0 Å². The maximum Gasteiger partial charge on any atom is 0.0571 e. The lowest BCUT2D eigenvalue weighted by Gasteiger charge is -2.13. The van der Waals surface area contributed by atoms with E-state index in [1.807, 2.05) is 12.4 Å². The van der Waals surface area contributed by atoms with Crippen molar-refractivity contribution in [2.45, 2.75) is 6.92 Å². The standard InChI is InChI=1S/C56H40N2/c1-39-34-42(24-15-29-49(40-16-5-2-6-17-40)50-27-11-12-28-51(50)56(39)41-18-7-3-8-19-41)43-20-13-21-44(35-43)45-22-14-23-46(36-45)47-30-31-54-52(37-47)53-38-57-33-32-55(53)58(54)48-25-9-4-10-26-48/h2-38H,1H3. The molecule has 10 rings (SSSR count). The van der Waals surface area contributed by atoms with Gasteiger partial charge in [0.25, 0.3) is 0 Å². The van der Waals surface area contributed by atoms with Crippen LogP contribution in [0.1, 0.15) is 5.56 Å². The molecular weight excluding hydrogens is 701 g/mol. The molecule has 10 aromatic rings. The van der Waals surface area contributed by atoms with E-state index in [9.17, 15) is 0 Å². The SMILES string of the molecule is Cc1cc(-c2cccc(-c3cccc(-c4ccc5c(c4)c4cnccc4n5-c4ccccc4)c3)c2)cccc(-c2ccccc2)c2ccccc2c1-c1ccccc1. The van der Waals surface area contributed by atoms with Gasteiger partial charge in [0, 0.05) is 28.9 Å². The second kappa shape index (κ2) is 15.2. The first-order valence-electron chi connectivity index (χ1n) is 19.9. The van der Waals surface area contributed by atoms with E-state index in [0.717, 1.165) is 27.7 Å². The second-order valence-corrected chi connectivity index (χ2v) is 14.8. The molecule has 0 aliphatic heterocycles. The maximum atomic E-state index is 4.52. The predicted molar refractivity (Wildman–Crippen MR) is 246 cm³/mol. The molecule has 0 N–H and O–H groups in total. The molecule has 58 heavy (non-hydrogen) atoms. The molecule has 0 unspecified atom stereocenters. The zero-order valence-corrected chi connectivity index (χ0v) is 32.3. The number of pyridine rings is 1. The lowest BCUT2D eigenvalue weighted by molar-refractivity contribution is 1.17. The zero-order chi connectivity index (χ0) is 38.8. The molecule has 0 radical (unpaired) electrons. The van der Waals surface area contributed by atoms with Crippen molar-refractivity contribution < 1.29 is 0 Å². The molecule has 0 amide bonds. The van der Waals surface area contributed by atoms with Crippen LogP contribution >= 0.6 is 0 Å². The molecule has 0 spiro atoms. The third-order valence-electron chi connectivity index (χ3n) is 11.2. The summed E-state index contributed by atoms with van der Waals surface area (Å²) in [6.07, 6.45) is 3.86. The van der Waals surface area contributed by atoms with E-state index in [1.165, 1.54) is 71.7 Å². The Morgan fingerprint density at radius 2 is 0.845 bits per heavy atom. The Morgan fingerprint density at radius 1 is 0.345 bits per heavy atom. The van der Waals surface area contributed by atoms with Crippen molar-refractivity contribution >= 4 is 32.6 Å². The Labute approximate surface area is 339 Å². The number of aromatic nitrogens is 2. The van der Waals surface area contributed by atoms with Crippen LogP contribution in [-0.4, -0.2) is 9.55 Å². The average Bonchev–Trinajstić information content (AvgIpc) is 3.62. The van der Waals surface area contributed by atoms with Gasteiger partial charge in [-0.25, -0.2) is 0 Å². The van der Waals surface area contributed by atoms with Crippen LogP contribution in [0.2, 0.25) is 0 Å². The van der Waals surface area contributed by atoms with Gasteiger partial charge in [0.15, 0.2) is 0 Å². The van der Waals surface area contributed by atoms with Crippen LogP contribution in [0.3, 0.4) is 0 Å². The number of nitrogens with zero attached hydrogens (tertiary/aromatic N) is 2. The summed E-state index contributed by atoms with van der Waals surface area (Å²) in [7, 11) is 0. The minimum atomic E-state index is 1.14. The Morgan fingerprint density at radius 3 is 1.50 bits per heavy atom. The van der Waals surface area contributed by atoms with E-state index in [4.69, 9.17) is 0 Å². The Balaban J connectivity index is 1.10. The maximum absolute atomic E-state index is 4.52. The van der Waals surface area contributed by atoms with Gasteiger partial charge < -0.3 is 4.57 Å². The molecule has 2 aromatic heterocycles. The smallest absolute Gasteiger partial charge is 0.0571 e. The first-order valence-corrected chi connectivity index (χ1v) is 19.9. The van der Waals surface area contributed by atoms with Crippen molar-refractivity contribution in [2.75, 3.05) is 0 Å². The number of aryl methyl sites for hydroxylation is 1. The third-order valence-corrected chi connectivity index (χ3v) is 11.2. The van der Waals surface area contributed by atoms with Gasteiger partial charge in [-0.1, -0.05) is 170 Å². The number of para-hydroxylation sites is 1. The van der Waals surface area contributed by atoms with E-state index in [1.54, 1.807) is 0 Å². The van der Waals surface area contributed by atoms with Gasteiger partial charge in [-0.05, 0) is 121 Å². The van der Waals surface area contributed by atoms with Crippen molar-refractivity contribution in [2.24, 2.45) is 0 Å². The van der Waals surface area contributed by atoms with Crippen molar-refractivity contribution in [1.82, 2.24) is 9.55 Å². The van der Waals surface area contributed by atoms with E-state index < -0.39 is 0 Å². The van der Waals surface area contributed by atoms with Crippen molar-refractivity contribution in [3.05, 3.63) is 230 Å². The highest BCUT2D eigenvalue weighted by Crippen LogP contribution is 2.38. The molecular formula is C56H40N2. The molecule has 0 atom stereocenters. The summed E-state index contributed by atoms with van der Waals surface area (Å²) < 4.78 is 2.33. The molecule has 0 aliphatic rings. The third kappa shape index (κ3) is 6.51. The Hall–Kier alpha value is -7.55. The van der Waals surface area contributed by atoms with Gasteiger partial charge in [-0.2, -0.15) is 0 Å². The van der Waals surface area contributed by atoms with Crippen molar-refractivity contribution in [3.8, 4) is 61.3 Å². The Bertz CT molecular complexity index is 3160. The highest BCUT2D eigenvalue weighted by atomic mass is 15.0. The summed E-state index contributed by atoms with van der Waals surface area (Å²) in [5, 5.41) is 4.77. The molecule has 8 aromatic carbocycles. The van der Waals surface area contributed by atoms with Crippen LogP contribution in [0.4, 0.5) is 0 Å². The summed E-state index contributed by atoms with van der Waals surface area (Å²) >= 11 is 0. The first-order chi connectivity index (χ1) is 28.7. The van der Waals surface area contributed by atoms with Gasteiger partial charge in [0.05, 0.1) is 11.0 Å². The van der Waals surface area contributed by atoms with Gasteiger partial charge in [0.1, 0.15) is 0 Å². The topological polar surface area (TPSA) is 17.8 Å². The van der Waals surface area contributed by atoms with Gasteiger partial charge >= 0.3 is 0 Å². The summed E-state index contributed by atoms with van der Waals surface area (Å²) in [6.45, 7) is 2.25. The van der Waals surface area contributed by atoms with Crippen LogP contribution in [0.15, 0.2) is 225 Å². The molecule has 0 saturated heterocycles. The molecule has 0 bridgehead atoms. The van der Waals surface area contributed by atoms with E-state index in [-0.39, 0.29) is 0 Å². The summed E-state index contributed by atoms with van der Waals surface area (Å²) in [5.74, 6) is 0. The van der Waals surface area contributed by atoms with Gasteiger partial charge in [-0.15, -0.1) is 0 Å². The fourth-order valence-electron chi connectivity index (χ4n) is 8.53. The summed E-state index contributed by atoms with van der Waals surface area (Å²) in [5.41, 5.74) is 16.5. The largest absolute Gasteiger partial charge is 0.309 e. The van der Waals surface area contributed by atoms with Crippen LogP contribution in [0.25, 0.3) is 93.9 Å². The lowest BCUT2D eigenvalue weighted by atomic mass is 9.91. The number of hydrogen-bond donors (Lipinski definition) is 0. The minimum absolute atomic E-state index is 1.14. The summed E-state index contributed by atoms with van der Waals surface area (Å²) in [4.78, 5) is 4.52. The predicted octanol–water partition coefficient (Wildman–Crippen LogP) is 15.1. The highest BCUT2D eigenvalue weighted by molar-refractivity contribution is 6.10. The lowest BCUT2D eigenvalue weighted by Crippen LogP contribution is -1.93.